The topological polar surface area (TPSA) is 30.5 Å². The van der Waals surface area contributed by atoms with Crippen molar-refractivity contribution in [2.24, 2.45) is 0 Å². The minimum Gasteiger partial charge on any atom is -0.385 e. The Morgan fingerprint density at radius 1 is 0.933 bits per heavy atom. The van der Waals surface area contributed by atoms with Crippen LogP contribution in [-0.2, 0) is 9.47 Å². The summed E-state index contributed by atoms with van der Waals surface area (Å²) in [6.07, 6.45) is 4.96. The molecule has 0 atom stereocenters. The highest BCUT2D eigenvalue weighted by atomic mass is 127. The molecule has 0 amide bonds. The van der Waals surface area contributed by atoms with Crippen LogP contribution in [0.25, 0.3) is 0 Å². The number of nitrogens with one attached hydrogen (secondary N) is 1. The monoisotopic (exact) mass is 329 g/mol. The van der Waals surface area contributed by atoms with Gasteiger partial charge in [0.25, 0.3) is 0 Å². The minimum absolute atomic E-state index is 0.795. The fraction of sp³-hybridized carbons (Fsp3) is 1.00. The van der Waals surface area contributed by atoms with Crippen molar-refractivity contribution in [1.29, 1.82) is 0 Å². The molecule has 1 N–H and O–H groups in total. The maximum atomic E-state index is 5.42. The van der Waals surface area contributed by atoms with Crippen LogP contribution in [0.4, 0.5) is 0 Å². The number of methoxy groups -OCH3 is 1. The maximum Gasteiger partial charge on any atom is 0.0590 e. The Hall–Kier alpha value is 0.610. The van der Waals surface area contributed by atoms with Gasteiger partial charge in [-0.05, 0) is 30.2 Å². The lowest BCUT2D eigenvalue weighted by Gasteiger charge is -2.05. The maximum absolute atomic E-state index is 5.42. The second-order valence-corrected chi connectivity index (χ2v) is 4.54. The van der Waals surface area contributed by atoms with E-state index in [0.29, 0.717) is 0 Å². The molecule has 0 aromatic rings. The van der Waals surface area contributed by atoms with Crippen LogP contribution in [0, 0.1) is 0 Å². The van der Waals surface area contributed by atoms with Crippen molar-refractivity contribution in [3.05, 3.63) is 0 Å². The summed E-state index contributed by atoms with van der Waals surface area (Å²) in [5.74, 6) is 0. The average Bonchev–Trinajstić information content (AvgIpc) is 2.26. The first-order valence-corrected chi connectivity index (χ1v) is 7.27. The van der Waals surface area contributed by atoms with E-state index >= 15 is 0 Å². The standard InChI is InChI=1S/C11H24INO2/c1-14-9-5-10-15-11-8-13-7-4-2-3-6-12/h13H,2-11H2,1H3. The highest BCUT2D eigenvalue weighted by Crippen LogP contribution is 1.97. The van der Waals surface area contributed by atoms with Gasteiger partial charge in [0.2, 0.25) is 0 Å². The van der Waals surface area contributed by atoms with Crippen molar-refractivity contribution < 1.29 is 9.47 Å². The van der Waals surface area contributed by atoms with E-state index in [1.54, 1.807) is 7.11 Å². The van der Waals surface area contributed by atoms with Gasteiger partial charge in [-0.2, -0.15) is 0 Å². The summed E-state index contributed by atoms with van der Waals surface area (Å²) in [6.45, 7) is 4.51. The van der Waals surface area contributed by atoms with Gasteiger partial charge in [-0.25, -0.2) is 0 Å². The van der Waals surface area contributed by atoms with Gasteiger partial charge in [0, 0.05) is 26.9 Å². The molecule has 3 nitrogen and oxygen atoms in total. The number of halogens is 1. The van der Waals surface area contributed by atoms with E-state index in [-0.39, 0.29) is 0 Å². The minimum atomic E-state index is 0.795. The summed E-state index contributed by atoms with van der Waals surface area (Å²) >= 11 is 2.43. The number of rotatable bonds is 12. The Bertz CT molecular complexity index is 103. The molecule has 0 radical (unpaired) electrons. The van der Waals surface area contributed by atoms with Crippen molar-refractivity contribution in [1.82, 2.24) is 5.32 Å². The van der Waals surface area contributed by atoms with E-state index in [1.165, 1.54) is 23.7 Å². The predicted molar refractivity (Wildman–Crippen MR) is 72.9 cm³/mol. The van der Waals surface area contributed by atoms with Crippen molar-refractivity contribution in [3.8, 4) is 0 Å². The highest BCUT2D eigenvalue weighted by molar-refractivity contribution is 14.1. The summed E-state index contributed by atoms with van der Waals surface area (Å²) in [4.78, 5) is 0. The Kier molecular flexibility index (Phi) is 15.2. The van der Waals surface area contributed by atoms with Gasteiger partial charge >= 0.3 is 0 Å². The first kappa shape index (κ1) is 15.6. The van der Waals surface area contributed by atoms with Crippen LogP contribution in [0.2, 0.25) is 0 Å². The third-order valence-corrected chi connectivity index (χ3v) is 2.81. The summed E-state index contributed by atoms with van der Waals surface area (Å²) in [5.41, 5.74) is 0. The molecule has 92 valence electrons. The van der Waals surface area contributed by atoms with E-state index in [1.807, 2.05) is 0 Å². The van der Waals surface area contributed by atoms with Crippen LogP contribution < -0.4 is 5.32 Å². The number of hydrogen-bond acceptors (Lipinski definition) is 3. The Morgan fingerprint density at radius 2 is 1.80 bits per heavy atom. The largest absolute Gasteiger partial charge is 0.385 e. The zero-order valence-corrected chi connectivity index (χ0v) is 11.9. The fourth-order valence-electron chi connectivity index (χ4n) is 1.20. The molecule has 0 aromatic heterocycles. The lowest BCUT2D eigenvalue weighted by Crippen LogP contribution is -2.21. The van der Waals surface area contributed by atoms with Crippen LogP contribution in [-0.4, -0.2) is 44.4 Å². The molecule has 0 aliphatic heterocycles. The van der Waals surface area contributed by atoms with Crippen LogP contribution >= 0.6 is 22.6 Å². The summed E-state index contributed by atoms with van der Waals surface area (Å²) in [7, 11) is 1.72. The Labute approximate surface area is 107 Å². The van der Waals surface area contributed by atoms with Gasteiger partial charge in [0.05, 0.1) is 6.61 Å². The fourth-order valence-corrected chi connectivity index (χ4v) is 1.74. The molecule has 0 saturated heterocycles. The molecule has 0 aliphatic carbocycles. The van der Waals surface area contributed by atoms with Gasteiger partial charge in [-0.15, -0.1) is 0 Å². The average molecular weight is 329 g/mol. The second-order valence-electron chi connectivity index (χ2n) is 3.46. The molecule has 0 aromatic carbocycles. The highest BCUT2D eigenvalue weighted by Gasteiger charge is 1.90. The van der Waals surface area contributed by atoms with E-state index in [4.69, 9.17) is 9.47 Å². The predicted octanol–water partition coefficient (Wildman–Crippen LogP) is 2.23. The molecule has 0 spiro atoms. The SMILES string of the molecule is COCCCOCCNCCCCCI. The number of hydrogen-bond donors (Lipinski definition) is 1. The molecule has 0 heterocycles. The van der Waals surface area contributed by atoms with Crippen molar-refractivity contribution in [3.63, 3.8) is 0 Å². The van der Waals surface area contributed by atoms with Crippen molar-refractivity contribution in [2.75, 3.05) is 44.4 Å². The van der Waals surface area contributed by atoms with Crippen LogP contribution in [0.5, 0.6) is 0 Å². The first-order valence-electron chi connectivity index (χ1n) is 5.75. The Morgan fingerprint density at radius 3 is 2.53 bits per heavy atom. The number of ether oxygens (including phenoxy) is 2. The normalized spacial score (nSPS) is 10.8. The lowest BCUT2D eigenvalue weighted by atomic mass is 10.2. The molecule has 0 unspecified atom stereocenters. The molecule has 0 saturated carbocycles. The first-order chi connectivity index (χ1) is 7.41. The molecule has 15 heavy (non-hydrogen) atoms. The third-order valence-electron chi connectivity index (χ3n) is 2.05. The van der Waals surface area contributed by atoms with Crippen molar-refractivity contribution >= 4 is 22.6 Å². The van der Waals surface area contributed by atoms with E-state index in [2.05, 4.69) is 27.9 Å². The summed E-state index contributed by atoms with van der Waals surface area (Å²) in [5, 5.41) is 3.38. The molecule has 0 fully saturated rings. The van der Waals surface area contributed by atoms with E-state index in [0.717, 1.165) is 39.3 Å². The van der Waals surface area contributed by atoms with Crippen LogP contribution in [0.15, 0.2) is 0 Å². The molecular weight excluding hydrogens is 305 g/mol. The Balaban J connectivity index is 2.81. The van der Waals surface area contributed by atoms with E-state index < -0.39 is 0 Å². The zero-order chi connectivity index (χ0) is 11.2. The quantitative estimate of drug-likeness (QED) is 0.338. The third kappa shape index (κ3) is 14.6. The summed E-state index contributed by atoms with van der Waals surface area (Å²) in [6, 6.07) is 0. The molecule has 0 bridgehead atoms. The second kappa shape index (κ2) is 14.6. The van der Waals surface area contributed by atoms with Gasteiger partial charge in [0.1, 0.15) is 0 Å². The van der Waals surface area contributed by atoms with Gasteiger partial charge in [0.15, 0.2) is 0 Å². The van der Waals surface area contributed by atoms with E-state index in [9.17, 15) is 0 Å². The lowest BCUT2D eigenvalue weighted by molar-refractivity contribution is 0.104. The van der Waals surface area contributed by atoms with Crippen LogP contribution in [0.3, 0.4) is 0 Å². The molecule has 4 heteroatoms. The van der Waals surface area contributed by atoms with Crippen LogP contribution in [0.1, 0.15) is 25.7 Å². The number of unbranched alkanes of at least 4 members (excludes halogenated alkanes) is 2. The molecular formula is C11H24INO2. The van der Waals surface area contributed by atoms with Crippen molar-refractivity contribution in [2.45, 2.75) is 25.7 Å². The molecule has 0 aliphatic rings. The summed E-state index contributed by atoms with van der Waals surface area (Å²) < 4.78 is 11.6. The number of alkyl halides is 1. The van der Waals surface area contributed by atoms with Gasteiger partial charge < -0.3 is 14.8 Å². The van der Waals surface area contributed by atoms with Gasteiger partial charge in [-0.1, -0.05) is 29.0 Å². The van der Waals surface area contributed by atoms with Gasteiger partial charge in [-0.3, -0.25) is 0 Å². The smallest absolute Gasteiger partial charge is 0.0590 e. The zero-order valence-electron chi connectivity index (χ0n) is 9.77. The molecule has 0 rings (SSSR count).